The third kappa shape index (κ3) is 3.51. The number of imide groups is 1. The summed E-state index contributed by atoms with van der Waals surface area (Å²) in [5.41, 5.74) is 4.59. The number of benzene rings is 2. The third-order valence-corrected chi connectivity index (χ3v) is 5.79. The molecule has 6 heteroatoms. The van der Waals surface area contributed by atoms with E-state index in [4.69, 9.17) is 4.74 Å². The normalized spacial score (nSPS) is 18.2. The number of nitrogens with zero attached hydrogens (tertiary/aromatic N) is 2. The Morgan fingerprint density at radius 1 is 1.12 bits per heavy atom. The molecule has 32 heavy (non-hydrogen) atoms. The SMILES string of the molecule is CC(C)(C)OC(=O)N1CCC2=C(C1=O)C(c1ccccc1)c1cc3ncccc3cc1N2. The molecule has 3 aromatic rings. The van der Waals surface area contributed by atoms with E-state index in [1.807, 2.05) is 48.5 Å². The number of nitrogens with one attached hydrogen (secondary N) is 1. The minimum atomic E-state index is -0.674. The number of ether oxygens (including phenoxy) is 1. The van der Waals surface area contributed by atoms with Crippen LogP contribution in [0.25, 0.3) is 10.9 Å². The van der Waals surface area contributed by atoms with Crippen LogP contribution >= 0.6 is 0 Å². The van der Waals surface area contributed by atoms with Gasteiger partial charge in [0.1, 0.15) is 5.60 Å². The average molecular weight is 428 g/mol. The van der Waals surface area contributed by atoms with Gasteiger partial charge in [0.25, 0.3) is 5.91 Å². The molecule has 6 nitrogen and oxygen atoms in total. The number of hydrogen-bond donors (Lipinski definition) is 1. The Morgan fingerprint density at radius 2 is 1.91 bits per heavy atom. The molecule has 0 bridgehead atoms. The van der Waals surface area contributed by atoms with Crippen molar-refractivity contribution in [3.8, 4) is 0 Å². The Labute approximate surface area is 186 Å². The van der Waals surface area contributed by atoms with Gasteiger partial charge in [0.2, 0.25) is 0 Å². The summed E-state index contributed by atoms with van der Waals surface area (Å²) >= 11 is 0. The molecular weight excluding hydrogens is 402 g/mol. The topological polar surface area (TPSA) is 71.5 Å². The summed E-state index contributed by atoms with van der Waals surface area (Å²) in [4.78, 5) is 32.2. The highest BCUT2D eigenvalue weighted by Crippen LogP contribution is 2.45. The molecule has 3 heterocycles. The Hall–Kier alpha value is -3.67. The lowest BCUT2D eigenvalue weighted by Gasteiger charge is -2.38. The van der Waals surface area contributed by atoms with Gasteiger partial charge in [-0.15, -0.1) is 0 Å². The summed E-state index contributed by atoms with van der Waals surface area (Å²) in [6.45, 7) is 5.68. The van der Waals surface area contributed by atoms with Crippen LogP contribution in [0.2, 0.25) is 0 Å². The fraction of sp³-hybridized carbons (Fsp3) is 0.269. The van der Waals surface area contributed by atoms with Crippen LogP contribution in [0, 0.1) is 0 Å². The average Bonchev–Trinajstić information content (AvgIpc) is 2.76. The number of carbonyl (C=O) groups excluding carboxylic acids is 2. The molecule has 2 amide bonds. The van der Waals surface area contributed by atoms with Crippen LogP contribution in [0.1, 0.15) is 44.2 Å². The fourth-order valence-electron chi connectivity index (χ4n) is 4.45. The molecule has 0 aliphatic carbocycles. The van der Waals surface area contributed by atoms with E-state index in [9.17, 15) is 9.59 Å². The van der Waals surface area contributed by atoms with E-state index in [-0.39, 0.29) is 18.4 Å². The summed E-state index contributed by atoms with van der Waals surface area (Å²) in [6, 6.07) is 18.0. The van der Waals surface area contributed by atoms with Crippen LogP contribution in [0.4, 0.5) is 10.5 Å². The first-order valence-corrected chi connectivity index (χ1v) is 10.8. The van der Waals surface area contributed by atoms with Crippen molar-refractivity contribution in [3.63, 3.8) is 0 Å². The molecule has 162 valence electrons. The van der Waals surface area contributed by atoms with E-state index in [0.29, 0.717) is 12.0 Å². The molecule has 0 radical (unpaired) electrons. The summed E-state index contributed by atoms with van der Waals surface area (Å²) in [6.07, 6.45) is 1.71. The lowest BCUT2D eigenvalue weighted by molar-refractivity contribution is -0.127. The maximum atomic E-state index is 13.7. The first kappa shape index (κ1) is 20.2. The molecule has 2 aromatic carbocycles. The standard InChI is InChI=1S/C26H25N3O3/c1-26(2,3)32-25(31)29-13-11-19-23(24(29)30)22(16-8-5-4-6-9-16)18-15-20-17(10-7-12-27-20)14-21(18)28-19/h4-10,12,14-15,22,28H,11,13H2,1-3H3. The minimum absolute atomic E-state index is 0.283. The molecule has 1 atom stereocenters. The van der Waals surface area contributed by atoms with Crippen molar-refractivity contribution < 1.29 is 14.3 Å². The molecule has 0 saturated heterocycles. The van der Waals surface area contributed by atoms with Crippen LogP contribution in [-0.4, -0.2) is 34.0 Å². The fourth-order valence-corrected chi connectivity index (χ4v) is 4.45. The van der Waals surface area contributed by atoms with Gasteiger partial charge in [0, 0.05) is 47.4 Å². The van der Waals surface area contributed by atoms with E-state index in [0.717, 1.165) is 33.4 Å². The second-order valence-electron chi connectivity index (χ2n) is 9.18. The zero-order chi connectivity index (χ0) is 22.5. The van der Waals surface area contributed by atoms with E-state index >= 15 is 0 Å². The number of aromatic nitrogens is 1. The zero-order valence-corrected chi connectivity index (χ0v) is 18.4. The minimum Gasteiger partial charge on any atom is -0.443 e. The Morgan fingerprint density at radius 3 is 2.66 bits per heavy atom. The number of rotatable bonds is 1. The van der Waals surface area contributed by atoms with Crippen molar-refractivity contribution in [1.82, 2.24) is 9.88 Å². The maximum absolute atomic E-state index is 13.7. The molecule has 2 aliphatic rings. The predicted octanol–water partition coefficient (Wildman–Crippen LogP) is 5.21. The number of pyridine rings is 1. The highest BCUT2D eigenvalue weighted by atomic mass is 16.6. The van der Waals surface area contributed by atoms with Crippen LogP contribution in [-0.2, 0) is 9.53 Å². The summed E-state index contributed by atoms with van der Waals surface area (Å²) in [5.74, 6) is -0.611. The highest BCUT2D eigenvalue weighted by Gasteiger charge is 2.41. The lowest BCUT2D eigenvalue weighted by Crippen LogP contribution is -2.47. The van der Waals surface area contributed by atoms with Crippen molar-refractivity contribution in [2.45, 2.75) is 38.7 Å². The highest BCUT2D eigenvalue weighted by molar-refractivity contribution is 6.07. The van der Waals surface area contributed by atoms with Gasteiger partial charge < -0.3 is 10.1 Å². The molecule has 0 spiro atoms. The van der Waals surface area contributed by atoms with E-state index in [1.54, 1.807) is 27.0 Å². The predicted molar refractivity (Wildman–Crippen MR) is 123 cm³/mol. The molecule has 0 saturated carbocycles. The molecule has 0 fully saturated rings. The van der Waals surface area contributed by atoms with E-state index < -0.39 is 11.7 Å². The number of fused-ring (bicyclic) bond motifs is 2. The van der Waals surface area contributed by atoms with E-state index in [2.05, 4.69) is 16.4 Å². The molecule has 1 N–H and O–H groups in total. The van der Waals surface area contributed by atoms with Crippen LogP contribution in [0.15, 0.2) is 72.1 Å². The van der Waals surface area contributed by atoms with Gasteiger partial charge >= 0.3 is 6.09 Å². The monoisotopic (exact) mass is 427 g/mol. The number of hydrogen-bond acceptors (Lipinski definition) is 5. The Balaban J connectivity index is 1.64. The second kappa shape index (κ2) is 7.48. The molecule has 5 rings (SSSR count). The quantitative estimate of drug-likeness (QED) is 0.577. The largest absolute Gasteiger partial charge is 0.443 e. The van der Waals surface area contributed by atoms with Crippen molar-refractivity contribution >= 4 is 28.6 Å². The summed E-state index contributed by atoms with van der Waals surface area (Å²) < 4.78 is 5.51. The van der Waals surface area contributed by atoms with Crippen molar-refractivity contribution in [2.75, 3.05) is 11.9 Å². The van der Waals surface area contributed by atoms with Crippen molar-refractivity contribution in [3.05, 3.63) is 83.2 Å². The van der Waals surface area contributed by atoms with Gasteiger partial charge in [-0.1, -0.05) is 36.4 Å². The Kier molecular flexibility index (Phi) is 4.73. The van der Waals surface area contributed by atoms with Crippen LogP contribution in [0.3, 0.4) is 0 Å². The number of anilines is 1. The smallest absolute Gasteiger partial charge is 0.417 e. The number of amides is 2. The van der Waals surface area contributed by atoms with Crippen LogP contribution < -0.4 is 5.32 Å². The van der Waals surface area contributed by atoms with Crippen molar-refractivity contribution in [1.29, 1.82) is 0 Å². The molecule has 2 aliphatic heterocycles. The zero-order valence-electron chi connectivity index (χ0n) is 18.4. The van der Waals surface area contributed by atoms with Gasteiger partial charge in [-0.05, 0) is 50.1 Å². The second-order valence-corrected chi connectivity index (χ2v) is 9.18. The molecular formula is C26H25N3O3. The Bertz CT molecular complexity index is 1260. The van der Waals surface area contributed by atoms with Gasteiger partial charge in [-0.3, -0.25) is 9.78 Å². The summed E-state index contributed by atoms with van der Waals surface area (Å²) in [5, 5.41) is 4.52. The third-order valence-electron chi connectivity index (χ3n) is 5.79. The molecule has 1 unspecified atom stereocenters. The first-order valence-electron chi connectivity index (χ1n) is 10.8. The van der Waals surface area contributed by atoms with Crippen LogP contribution in [0.5, 0.6) is 0 Å². The number of carbonyl (C=O) groups is 2. The van der Waals surface area contributed by atoms with E-state index in [1.165, 1.54) is 4.90 Å². The van der Waals surface area contributed by atoms with Gasteiger partial charge in [-0.2, -0.15) is 0 Å². The van der Waals surface area contributed by atoms with Gasteiger partial charge in [0.05, 0.1) is 5.52 Å². The maximum Gasteiger partial charge on any atom is 0.417 e. The first-order chi connectivity index (χ1) is 15.3. The van der Waals surface area contributed by atoms with Gasteiger partial charge in [-0.25, -0.2) is 9.69 Å². The van der Waals surface area contributed by atoms with Crippen molar-refractivity contribution in [2.24, 2.45) is 0 Å². The van der Waals surface area contributed by atoms with Gasteiger partial charge in [0.15, 0.2) is 0 Å². The summed E-state index contributed by atoms with van der Waals surface area (Å²) in [7, 11) is 0. The molecule has 1 aromatic heterocycles. The lowest BCUT2D eigenvalue weighted by atomic mass is 9.78.